The number of benzene rings is 2. The summed E-state index contributed by atoms with van der Waals surface area (Å²) in [7, 11) is 6.35. The molecular weight excluding hydrogens is 404 g/mol. The van der Waals surface area contributed by atoms with Gasteiger partial charge in [0.2, 0.25) is 12.5 Å². The minimum Gasteiger partial charge on any atom is -0.493 e. The second-order valence-electron chi connectivity index (χ2n) is 7.75. The van der Waals surface area contributed by atoms with Crippen LogP contribution in [0.5, 0.6) is 28.7 Å². The number of carbonyl (C=O) groups excluding carboxylic acids is 1. The molecule has 0 spiro atoms. The van der Waals surface area contributed by atoms with E-state index >= 15 is 0 Å². The van der Waals surface area contributed by atoms with E-state index in [1.165, 1.54) is 0 Å². The molecule has 8 heteroatoms. The standard InChI is InChI=1S/C23H24O8/c1-25-17-5-11(6-18(26-2)22(17)28-4)19-12-7-15-16(31-10-30-15)8-13(12)21(27-3)14-9-29-23(24)20(14)19/h5-8,14,19-21H,9-10H2,1-4H3/t14?,19-,20+,21+/m1/s1. The van der Waals surface area contributed by atoms with Gasteiger partial charge in [-0.25, -0.2) is 0 Å². The summed E-state index contributed by atoms with van der Waals surface area (Å²) in [4.78, 5) is 12.9. The van der Waals surface area contributed by atoms with Crippen molar-refractivity contribution in [3.8, 4) is 28.7 Å². The number of esters is 1. The first kappa shape index (κ1) is 19.8. The molecule has 1 unspecified atom stereocenters. The van der Waals surface area contributed by atoms with Crippen LogP contribution in [0.15, 0.2) is 24.3 Å². The molecule has 1 saturated heterocycles. The normalized spacial score (nSPS) is 25.5. The summed E-state index contributed by atoms with van der Waals surface area (Å²) < 4.78 is 39.2. The van der Waals surface area contributed by atoms with Gasteiger partial charge in [0.25, 0.3) is 0 Å². The smallest absolute Gasteiger partial charge is 0.310 e. The van der Waals surface area contributed by atoms with Crippen molar-refractivity contribution in [1.29, 1.82) is 0 Å². The van der Waals surface area contributed by atoms with E-state index in [0.29, 0.717) is 35.4 Å². The van der Waals surface area contributed by atoms with Gasteiger partial charge in [0.15, 0.2) is 23.0 Å². The highest BCUT2D eigenvalue weighted by atomic mass is 16.7. The third kappa shape index (κ3) is 2.89. The Kier molecular flexibility index (Phi) is 4.81. The van der Waals surface area contributed by atoms with Crippen LogP contribution in [0.3, 0.4) is 0 Å². The fourth-order valence-corrected chi connectivity index (χ4v) is 5.09. The first-order chi connectivity index (χ1) is 15.1. The van der Waals surface area contributed by atoms with Gasteiger partial charge in [-0.2, -0.15) is 0 Å². The molecule has 0 aromatic heterocycles. The fourth-order valence-electron chi connectivity index (χ4n) is 5.09. The molecule has 0 amide bonds. The molecule has 0 bridgehead atoms. The molecule has 164 valence electrons. The largest absolute Gasteiger partial charge is 0.493 e. The van der Waals surface area contributed by atoms with Crippen LogP contribution in [0.1, 0.15) is 28.7 Å². The van der Waals surface area contributed by atoms with E-state index in [0.717, 1.165) is 16.7 Å². The summed E-state index contributed by atoms with van der Waals surface area (Å²) in [5.41, 5.74) is 2.76. The van der Waals surface area contributed by atoms with Gasteiger partial charge in [-0.05, 0) is 41.0 Å². The van der Waals surface area contributed by atoms with E-state index in [2.05, 4.69) is 0 Å². The van der Waals surface area contributed by atoms with Crippen molar-refractivity contribution >= 4 is 5.97 Å². The third-order valence-corrected chi connectivity index (χ3v) is 6.42. The van der Waals surface area contributed by atoms with Crippen molar-refractivity contribution in [1.82, 2.24) is 0 Å². The van der Waals surface area contributed by atoms with E-state index in [1.54, 1.807) is 28.4 Å². The summed E-state index contributed by atoms with van der Waals surface area (Å²) in [6.07, 6.45) is -0.292. The number of methoxy groups -OCH3 is 4. The summed E-state index contributed by atoms with van der Waals surface area (Å²) in [5.74, 6) is 1.78. The number of ether oxygens (including phenoxy) is 7. The SMILES string of the molecule is COc1cc([C@@H]2c3cc4c(cc3[C@H](OC)C3COC(=O)[C@@H]32)OCO4)cc(OC)c1OC. The molecule has 2 aromatic carbocycles. The summed E-state index contributed by atoms with van der Waals surface area (Å²) >= 11 is 0. The minimum absolute atomic E-state index is 0.130. The summed E-state index contributed by atoms with van der Waals surface area (Å²) in [6, 6.07) is 7.67. The van der Waals surface area contributed by atoms with Crippen molar-refractivity contribution < 1.29 is 38.0 Å². The van der Waals surface area contributed by atoms with Crippen LogP contribution in [-0.2, 0) is 14.3 Å². The highest BCUT2D eigenvalue weighted by Crippen LogP contribution is 2.56. The molecule has 0 saturated carbocycles. The quantitative estimate of drug-likeness (QED) is 0.672. The molecule has 4 atom stereocenters. The van der Waals surface area contributed by atoms with Gasteiger partial charge in [0, 0.05) is 18.9 Å². The molecule has 1 aliphatic carbocycles. The van der Waals surface area contributed by atoms with Gasteiger partial charge in [-0.15, -0.1) is 0 Å². The molecule has 2 heterocycles. The Balaban J connectivity index is 1.75. The van der Waals surface area contributed by atoms with Crippen LogP contribution in [0.2, 0.25) is 0 Å². The molecule has 0 N–H and O–H groups in total. The number of fused-ring (bicyclic) bond motifs is 3. The zero-order valence-corrected chi connectivity index (χ0v) is 17.8. The van der Waals surface area contributed by atoms with Crippen molar-refractivity contribution in [2.75, 3.05) is 41.8 Å². The number of carbonyl (C=O) groups is 1. The van der Waals surface area contributed by atoms with Crippen LogP contribution >= 0.6 is 0 Å². The number of cyclic esters (lactones) is 1. The van der Waals surface area contributed by atoms with Crippen LogP contribution in [0.25, 0.3) is 0 Å². The van der Waals surface area contributed by atoms with E-state index in [9.17, 15) is 4.79 Å². The Hall–Kier alpha value is -3.13. The topological polar surface area (TPSA) is 81.7 Å². The Morgan fingerprint density at radius 3 is 2.06 bits per heavy atom. The summed E-state index contributed by atoms with van der Waals surface area (Å²) in [5, 5.41) is 0. The Labute approximate surface area is 179 Å². The van der Waals surface area contributed by atoms with E-state index in [-0.39, 0.29) is 30.7 Å². The molecule has 8 nitrogen and oxygen atoms in total. The summed E-state index contributed by atoms with van der Waals surface area (Å²) in [6.45, 7) is 0.469. The van der Waals surface area contributed by atoms with Crippen LogP contribution in [0.4, 0.5) is 0 Å². The molecule has 5 rings (SSSR count). The fraction of sp³-hybridized carbons (Fsp3) is 0.435. The minimum atomic E-state index is -0.416. The lowest BCUT2D eigenvalue weighted by molar-refractivity contribution is -0.141. The maximum Gasteiger partial charge on any atom is 0.310 e. The molecule has 0 radical (unpaired) electrons. The monoisotopic (exact) mass is 428 g/mol. The molecule has 31 heavy (non-hydrogen) atoms. The molecule has 2 aliphatic heterocycles. The predicted octanol–water partition coefficient (Wildman–Crippen LogP) is 3.06. The molecule has 3 aliphatic rings. The Bertz CT molecular complexity index is 1010. The lowest BCUT2D eigenvalue weighted by Gasteiger charge is -2.38. The van der Waals surface area contributed by atoms with E-state index in [1.807, 2.05) is 24.3 Å². The zero-order chi connectivity index (χ0) is 21.7. The lowest BCUT2D eigenvalue weighted by atomic mass is 9.66. The predicted molar refractivity (Wildman–Crippen MR) is 108 cm³/mol. The van der Waals surface area contributed by atoms with Crippen LogP contribution in [0, 0.1) is 11.8 Å². The third-order valence-electron chi connectivity index (χ3n) is 6.42. The van der Waals surface area contributed by atoms with Gasteiger partial charge >= 0.3 is 5.97 Å². The van der Waals surface area contributed by atoms with Gasteiger partial charge in [0.1, 0.15) is 0 Å². The maximum atomic E-state index is 12.9. The average molecular weight is 428 g/mol. The number of hydrogen-bond donors (Lipinski definition) is 0. The zero-order valence-electron chi connectivity index (χ0n) is 17.8. The first-order valence-electron chi connectivity index (χ1n) is 10.0. The van der Waals surface area contributed by atoms with Gasteiger partial charge in [0.05, 0.1) is 40.0 Å². The van der Waals surface area contributed by atoms with Crippen molar-refractivity contribution in [3.63, 3.8) is 0 Å². The highest BCUT2D eigenvalue weighted by Gasteiger charge is 2.53. The van der Waals surface area contributed by atoms with Crippen LogP contribution < -0.4 is 23.7 Å². The Morgan fingerprint density at radius 2 is 1.48 bits per heavy atom. The molecular formula is C23H24O8. The second-order valence-corrected chi connectivity index (χ2v) is 7.75. The van der Waals surface area contributed by atoms with E-state index in [4.69, 9.17) is 33.2 Å². The molecule has 1 fully saturated rings. The first-order valence-corrected chi connectivity index (χ1v) is 10.0. The average Bonchev–Trinajstić information content (AvgIpc) is 3.41. The van der Waals surface area contributed by atoms with Gasteiger partial charge in [-0.1, -0.05) is 0 Å². The van der Waals surface area contributed by atoms with Crippen molar-refractivity contribution in [2.24, 2.45) is 11.8 Å². The van der Waals surface area contributed by atoms with Crippen molar-refractivity contribution in [2.45, 2.75) is 12.0 Å². The lowest BCUT2D eigenvalue weighted by Crippen LogP contribution is -2.35. The Morgan fingerprint density at radius 1 is 0.839 bits per heavy atom. The van der Waals surface area contributed by atoms with Gasteiger partial charge in [-0.3, -0.25) is 4.79 Å². The number of hydrogen-bond acceptors (Lipinski definition) is 8. The molecule has 2 aromatic rings. The van der Waals surface area contributed by atoms with E-state index < -0.39 is 5.92 Å². The number of rotatable bonds is 5. The highest BCUT2D eigenvalue weighted by molar-refractivity contribution is 5.79. The van der Waals surface area contributed by atoms with Crippen molar-refractivity contribution in [3.05, 3.63) is 41.0 Å². The maximum absolute atomic E-state index is 12.9. The van der Waals surface area contributed by atoms with Crippen LogP contribution in [-0.4, -0.2) is 47.8 Å². The van der Waals surface area contributed by atoms with Gasteiger partial charge < -0.3 is 33.2 Å². The second kappa shape index (κ2) is 7.53.